The Hall–Kier alpha value is -2.09. The molecule has 0 aliphatic carbocycles. The number of hydrogen-bond donors (Lipinski definition) is 2. The lowest BCUT2D eigenvalue weighted by atomic mass is 10.2. The number of esters is 1. The van der Waals surface area contributed by atoms with Gasteiger partial charge in [-0.1, -0.05) is 11.6 Å². The van der Waals surface area contributed by atoms with Crippen molar-refractivity contribution in [1.82, 2.24) is 10.6 Å². The molecule has 1 rings (SSSR count). The zero-order valence-electron chi connectivity index (χ0n) is 14.9. The molecule has 0 saturated heterocycles. The van der Waals surface area contributed by atoms with Crippen molar-refractivity contribution >= 4 is 23.5 Å². The van der Waals surface area contributed by atoms with Gasteiger partial charge in [-0.15, -0.1) is 0 Å². The molecule has 0 atom stereocenters. The molecule has 2 N–H and O–H groups in total. The number of methoxy groups -OCH3 is 1. The summed E-state index contributed by atoms with van der Waals surface area (Å²) in [6, 6.07) is 4.42. The van der Waals surface area contributed by atoms with Gasteiger partial charge in [-0.05, 0) is 38.0 Å². The van der Waals surface area contributed by atoms with Gasteiger partial charge in [0, 0.05) is 30.1 Å². The molecule has 0 amide bonds. The van der Waals surface area contributed by atoms with Crippen molar-refractivity contribution in [2.45, 2.75) is 39.3 Å². The molecule has 0 aliphatic heterocycles. The summed E-state index contributed by atoms with van der Waals surface area (Å²) in [5.74, 6) is 0.341. The monoisotopic (exact) mass is 391 g/mol. The molecule has 146 valence electrons. The molecule has 0 heterocycles. The Morgan fingerprint density at radius 3 is 2.73 bits per heavy atom. The van der Waals surface area contributed by atoms with E-state index < -0.39 is 6.61 Å². The van der Waals surface area contributed by atoms with E-state index in [4.69, 9.17) is 11.6 Å². The number of halogens is 3. The van der Waals surface area contributed by atoms with Crippen molar-refractivity contribution in [3.05, 3.63) is 28.8 Å². The first-order valence-electron chi connectivity index (χ1n) is 8.28. The van der Waals surface area contributed by atoms with Crippen LogP contribution in [0.5, 0.6) is 5.75 Å². The van der Waals surface area contributed by atoms with Crippen molar-refractivity contribution in [1.29, 1.82) is 0 Å². The van der Waals surface area contributed by atoms with E-state index in [1.807, 2.05) is 6.92 Å². The molecule has 0 spiro atoms. The summed E-state index contributed by atoms with van der Waals surface area (Å²) in [6.07, 6.45) is 1.82. The highest BCUT2D eigenvalue weighted by atomic mass is 35.5. The summed E-state index contributed by atoms with van der Waals surface area (Å²) in [7, 11) is 1.36. The Morgan fingerprint density at radius 2 is 2.08 bits per heavy atom. The average molecular weight is 392 g/mol. The lowest BCUT2D eigenvalue weighted by Gasteiger charge is -2.13. The topological polar surface area (TPSA) is 72.0 Å². The van der Waals surface area contributed by atoms with Gasteiger partial charge in [0.15, 0.2) is 5.96 Å². The number of hydrogen-bond acceptors (Lipinski definition) is 4. The molecule has 0 bridgehead atoms. The zero-order chi connectivity index (χ0) is 19.4. The molecule has 26 heavy (non-hydrogen) atoms. The summed E-state index contributed by atoms with van der Waals surface area (Å²) in [4.78, 5) is 15.4. The predicted octanol–water partition coefficient (Wildman–Crippen LogP) is 3.34. The van der Waals surface area contributed by atoms with Crippen LogP contribution in [0, 0.1) is 0 Å². The molecular weight excluding hydrogens is 368 g/mol. The molecule has 0 aliphatic rings. The first-order chi connectivity index (χ1) is 12.5. The maximum absolute atomic E-state index is 12.5. The Bertz CT molecular complexity index is 601. The molecule has 1 aromatic carbocycles. The first-order valence-corrected chi connectivity index (χ1v) is 8.66. The molecule has 1 aromatic rings. The van der Waals surface area contributed by atoms with Crippen LogP contribution in [0.2, 0.25) is 5.02 Å². The van der Waals surface area contributed by atoms with Crippen LogP contribution in [0.15, 0.2) is 23.2 Å². The molecule has 0 aromatic heterocycles. The lowest BCUT2D eigenvalue weighted by Crippen LogP contribution is -2.37. The highest BCUT2D eigenvalue weighted by molar-refractivity contribution is 6.30. The van der Waals surface area contributed by atoms with E-state index in [-0.39, 0.29) is 18.3 Å². The Balaban J connectivity index is 2.62. The number of benzene rings is 1. The van der Waals surface area contributed by atoms with Gasteiger partial charge in [-0.25, -0.2) is 4.99 Å². The molecule has 0 fully saturated rings. The minimum absolute atomic E-state index is 0.0436. The van der Waals surface area contributed by atoms with E-state index in [1.165, 1.54) is 19.2 Å². The van der Waals surface area contributed by atoms with Crippen LogP contribution in [0.3, 0.4) is 0 Å². The fraction of sp³-hybridized carbons (Fsp3) is 0.529. The first kappa shape index (κ1) is 22.0. The number of aliphatic imine (C=N–C) groups is 1. The number of unbranched alkanes of at least 4 members (excludes halogenated alkanes) is 1. The standard InChI is InChI=1S/C17H24ClF2N3O3/c1-3-21-17(22-9-5-4-6-15(24)25-2)23-11-12-10-13(18)7-8-14(12)26-16(19)20/h7-8,10,16H,3-6,9,11H2,1-2H3,(H2,21,22,23). The van der Waals surface area contributed by atoms with Crippen molar-refractivity contribution in [2.75, 3.05) is 20.2 Å². The Kier molecular flexibility index (Phi) is 10.4. The smallest absolute Gasteiger partial charge is 0.387 e. The normalized spacial score (nSPS) is 11.4. The van der Waals surface area contributed by atoms with Crippen LogP contribution in [-0.2, 0) is 16.1 Å². The van der Waals surface area contributed by atoms with E-state index in [0.29, 0.717) is 42.5 Å². The zero-order valence-corrected chi connectivity index (χ0v) is 15.6. The molecule has 6 nitrogen and oxygen atoms in total. The van der Waals surface area contributed by atoms with Crippen LogP contribution in [0.25, 0.3) is 0 Å². The number of alkyl halides is 2. The second kappa shape index (κ2) is 12.3. The van der Waals surface area contributed by atoms with Crippen LogP contribution < -0.4 is 15.4 Å². The average Bonchev–Trinajstić information content (AvgIpc) is 2.60. The summed E-state index contributed by atoms with van der Waals surface area (Å²) >= 11 is 5.93. The number of nitrogens with zero attached hydrogens (tertiary/aromatic N) is 1. The quantitative estimate of drug-likeness (QED) is 0.277. The predicted molar refractivity (Wildman–Crippen MR) is 96.8 cm³/mol. The maximum Gasteiger partial charge on any atom is 0.387 e. The maximum atomic E-state index is 12.5. The highest BCUT2D eigenvalue weighted by Gasteiger charge is 2.10. The van der Waals surface area contributed by atoms with Gasteiger partial charge < -0.3 is 20.1 Å². The van der Waals surface area contributed by atoms with Gasteiger partial charge in [0.05, 0.1) is 13.7 Å². The van der Waals surface area contributed by atoms with Crippen LogP contribution in [-0.4, -0.2) is 38.7 Å². The summed E-state index contributed by atoms with van der Waals surface area (Å²) in [6.45, 7) is 0.377. The van der Waals surface area contributed by atoms with Gasteiger partial charge in [0.25, 0.3) is 0 Å². The summed E-state index contributed by atoms with van der Waals surface area (Å²) < 4.78 is 34.1. The number of ether oxygens (including phenoxy) is 2. The third-order valence-electron chi connectivity index (χ3n) is 3.32. The van der Waals surface area contributed by atoms with Crippen molar-refractivity contribution in [2.24, 2.45) is 4.99 Å². The minimum atomic E-state index is -2.92. The Morgan fingerprint density at radius 1 is 1.31 bits per heavy atom. The number of nitrogens with one attached hydrogen (secondary N) is 2. The second-order valence-corrected chi connectivity index (χ2v) is 5.72. The molecule has 0 radical (unpaired) electrons. The third kappa shape index (κ3) is 8.84. The van der Waals surface area contributed by atoms with Gasteiger partial charge in [0.1, 0.15) is 5.75 Å². The van der Waals surface area contributed by atoms with Gasteiger partial charge in [0.2, 0.25) is 0 Å². The fourth-order valence-corrected chi connectivity index (χ4v) is 2.29. The molecular formula is C17H24ClF2N3O3. The fourth-order valence-electron chi connectivity index (χ4n) is 2.09. The summed E-state index contributed by atoms with van der Waals surface area (Å²) in [5, 5.41) is 6.60. The van der Waals surface area contributed by atoms with Crippen LogP contribution in [0.4, 0.5) is 8.78 Å². The van der Waals surface area contributed by atoms with E-state index >= 15 is 0 Å². The SMILES string of the molecule is CCNC(=NCc1cc(Cl)ccc1OC(F)F)NCCCCC(=O)OC. The van der Waals surface area contributed by atoms with Crippen molar-refractivity contribution < 1.29 is 23.0 Å². The van der Waals surface area contributed by atoms with Gasteiger partial charge >= 0.3 is 12.6 Å². The number of guanidine groups is 1. The summed E-state index contributed by atoms with van der Waals surface area (Å²) in [5.41, 5.74) is 0.459. The Labute approximate surface area is 156 Å². The van der Waals surface area contributed by atoms with E-state index in [9.17, 15) is 13.6 Å². The van der Waals surface area contributed by atoms with Crippen LogP contribution >= 0.6 is 11.6 Å². The van der Waals surface area contributed by atoms with E-state index in [1.54, 1.807) is 6.07 Å². The molecule has 0 unspecified atom stereocenters. The lowest BCUT2D eigenvalue weighted by molar-refractivity contribution is -0.140. The van der Waals surface area contributed by atoms with Gasteiger partial charge in [-0.2, -0.15) is 8.78 Å². The molecule has 0 saturated carbocycles. The number of rotatable bonds is 10. The largest absolute Gasteiger partial charge is 0.469 e. The third-order valence-corrected chi connectivity index (χ3v) is 3.55. The number of carbonyl (C=O) groups is 1. The minimum Gasteiger partial charge on any atom is -0.469 e. The van der Waals surface area contributed by atoms with Crippen molar-refractivity contribution in [3.8, 4) is 5.75 Å². The van der Waals surface area contributed by atoms with E-state index in [0.717, 1.165) is 6.42 Å². The van der Waals surface area contributed by atoms with Crippen LogP contribution in [0.1, 0.15) is 31.7 Å². The van der Waals surface area contributed by atoms with E-state index in [2.05, 4.69) is 25.1 Å². The molecule has 9 heteroatoms. The van der Waals surface area contributed by atoms with Gasteiger partial charge in [-0.3, -0.25) is 4.79 Å². The second-order valence-electron chi connectivity index (χ2n) is 5.29. The highest BCUT2D eigenvalue weighted by Crippen LogP contribution is 2.25. The number of carbonyl (C=O) groups excluding carboxylic acids is 1. The van der Waals surface area contributed by atoms with Crippen molar-refractivity contribution in [3.63, 3.8) is 0 Å².